The summed E-state index contributed by atoms with van der Waals surface area (Å²) in [6.45, 7) is 1.54. The maximum Gasteiger partial charge on any atom is 0.221 e. The molecule has 20 heavy (non-hydrogen) atoms. The predicted molar refractivity (Wildman–Crippen MR) is 76.2 cm³/mol. The molecule has 6 heteroatoms. The molecule has 0 atom stereocenters. The van der Waals surface area contributed by atoms with Gasteiger partial charge in [-0.05, 0) is 24.3 Å². The monoisotopic (exact) mass is 274 g/mol. The zero-order valence-corrected chi connectivity index (χ0v) is 11.2. The van der Waals surface area contributed by atoms with Crippen molar-refractivity contribution in [2.45, 2.75) is 13.0 Å². The molecule has 6 nitrogen and oxygen atoms in total. The van der Waals surface area contributed by atoms with Crippen molar-refractivity contribution >= 4 is 11.6 Å². The van der Waals surface area contributed by atoms with Crippen molar-refractivity contribution in [3.63, 3.8) is 0 Å². The minimum absolute atomic E-state index is 0.000365. The summed E-state index contributed by atoms with van der Waals surface area (Å²) in [4.78, 5) is 15.5. The van der Waals surface area contributed by atoms with Crippen LogP contribution in [0.3, 0.4) is 0 Å². The van der Waals surface area contributed by atoms with E-state index in [-0.39, 0.29) is 5.91 Å². The number of nitrogen functional groups attached to an aromatic ring is 1. The highest BCUT2D eigenvalue weighted by Crippen LogP contribution is 2.12. The number of nitrogens with one attached hydrogen (secondary N) is 1. The summed E-state index contributed by atoms with van der Waals surface area (Å²) in [5.74, 6) is 0.742. The zero-order valence-electron chi connectivity index (χ0n) is 11.2. The second-order valence-electron chi connectivity index (χ2n) is 4.32. The molecule has 2 aromatic rings. The van der Waals surface area contributed by atoms with E-state index in [1.807, 2.05) is 10.8 Å². The summed E-state index contributed by atoms with van der Waals surface area (Å²) in [6.07, 6.45) is 5.64. The third-order valence-corrected chi connectivity index (χ3v) is 2.73. The van der Waals surface area contributed by atoms with Gasteiger partial charge in [0.05, 0.1) is 12.9 Å². The van der Waals surface area contributed by atoms with Crippen molar-refractivity contribution in [3.05, 3.63) is 43.0 Å². The van der Waals surface area contributed by atoms with Crippen LogP contribution in [-0.4, -0.2) is 28.6 Å². The molecule has 106 valence electrons. The fourth-order valence-corrected chi connectivity index (χ4v) is 1.66. The fourth-order valence-electron chi connectivity index (χ4n) is 1.66. The topological polar surface area (TPSA) is 82.2 Å². The SMILES string of the molecule is Nc1ccc(OCCNC(=O)CCn2ccnc2)cc1. The van der Waals surface area contributed by atoms with Crippen molar-refractivity contribution in [2.24, 2.45) is 0 Å². The second-order valence-corrected chi connectivity index (χ2v) is 4.32. The number of rotatable bonds is 7. The molecule has 0 radical (unpaired) electrons. The Kier molecular flexibility index (Phi) is 5.00. The van der Waals surface area contributed by atoms with Crippen LogP contribution in [0.25, 0.3) is 0 Å². The van der Waals surface area contributed by atoms with E-state index in [0.717, 1.165) is 5.75 Å². The number of anilines is 1. The molecule has 0 saturated heterocycles. The van der Waals surface area contributed by atoms with Gasteiger partial charge in [0.2, 0.25) is 5.91 Å². The first-order valence-electron chi connectivity index (χ1n) is 6.45. The quantitative estimate of drug-likeness (QED) is 0.584. The molecule has 0 unspecified atom stereocenters. The van der Waals surface area contributed by atoms with Gasteiger partial charge < -0.3 is 20.4 Å². The average molecular weight is 274 g/mol. The highest BCUT2D eigenvalue weighted by molar-refractivity contribution is 5.75. The first-order valence-corrected chi connectivity index (χ1v) is 6.45. The molecule has 0 aliphatic heterocycles. The van der Waals surface area contributed by atoms with E-state index >= 15 is 0 Å². The summed E-state index contributed by atoms with van der Waals surface area (Å²) in [5, 5.41) is 2.80. The maximum absolute atomic E-state index is 11.6. The van der Waals surface area contributed by atoms with Crippen molar-refractivity contribution < 1.29 is 9.53 Å². The number of aromatic nitrogens is 2. The molecule has 2 rings (SSSR count). The summed E-state index contributed by atoms with van der Waals surface area (Å²) in [5.41, 5.74) is 6.27. The zero-order chi connectivity index (χ0) is 14.2. The number of nitrogens with two attached hydrogens (primary N) is 1. The van der Waals surface area contributed by atoms with Crippen molar-refractivity contribution in [3.8, 4) is 5.75 Å². The molecule has 0 aliphatic rings. The van der Waals surface area contributed by atoms with Gasteiger partial charge in [-0.25, -0.2) is 4.98 Å². The lowest BCUT2D eigenvalue weighted by molar-refractivity contribution is -0.121. The average Bonchev–Trinajstić information content (AvgIpc) is 2.96. The van der Waals surface area contributed by atoms with Gasteiger partial charge >= 0.3 is 0 Å². The van der Waals surface area contributed by atoms with Gasteiger partial charge in [-0.2, -0.15) is 0 Å². The lowest BCUT2D eigenvalue weighted by Crippen LogP contribution is -2.28. The van der Waals surface area contributed by atoms with Crippen LogP contribution >= 0.6 is 0 Å². The molecular formula is C14H18N4O2. The van der Waals surface area contributed by atoms with Gasteiger partial charge in [0.25, 0.3) is 0 Å². The van der Waals surface area contributed by atoms with E-state index in [9.17, 15) is 4.79 Å². The first kappa shape index (κ1) is 13.9. The fraction of sp³-hybridized carbons (Fsp3) is 0.286. The molecular weight excluding hydrogens is 256 g/mol. The van der Waals surface area contributed by atoms with Crippen LogP contribution in [0.2, 0.25) is 0 Å². The summed E-state index contributed by atoms with van der Waals surface area (Å²) in [6, 6.07) is 7.16. The molecule has 0 spiro atoms. The van der Waals surface area contributed by atoms with E-state index in [1.54, 1.807) is 36.8 Å². The number of hydrogen-bond donors (Lipinski definition) is 2. The lowest BCUT2D eigenvalue weighted by atomic mass is 10.3. The lowest BCUT2D eigenvalue weighted by Gasteiger charge is -2.08. The van der Waals surface area contributed by atoms with Gasteiger partial charge in [-0.3, -0.25) is 4.79 Å². The van der Waals surface area contributed by atoms with E-state index in [0.29, 0.717) is 31.8 Å². The minimum atomic E-state index is -0.000365. The molecule has 1 aromatic carbocycles. The van der Waals surface area contributed by atoms with Crippen LogP contribution in [0, 0.1) is 0 Å². The smallest absolute Gasteiger partial charge is 0.221 e. The van der Waals surface area contributed by atoms with Crippen LogP contribution < -0.4 is 15.8 Å². The Hall–Kier alpha value is -2.50. The summed E-state index contributed by atoms with van der Waals surface area (Å²) >= 11 is 0. The van der Waals surface area contributed by atoms with Gasteiger partial charge in [0.1, 0.15) is 12.4 Å². The number of benzene rings is 1. The number of ether oxygens (including phenoxy) is 1. The number of imidazole rings is 1. The number of nitrogens with zero attached hydrogens (tertiary/aromatic N) is 2. The third kappa shape index (κ3) is 4.64. The molecule has 3 N–H and O–H groups in total. The molecule has 0 aliphatic carbocycles. The highest BCUT2D eigenvalue weighted by Gasteiger charge is 2.01. The number of hydrogen-bond acceptors (Lipinski definition) is 4. The van der Waals surface area contributed by atoms with E-state index < -0.39 is 0 Å². The van der Waals surface area contributed by atoms with Gasteiger partial charge in [-0.15, -0.1) is 0 Å². The van der Waals surface area contributed by atoms with Crippen LogP contribution in [0.1, 0.15) is 6.42 Å². The van der Waals surface area contributed by atoms with E-state index in [1.165, 1.54) is 0 Å². The van der Waals surface area contributed by atoms with Crippen molar-refractivity contribution in [2.75, 3.05) is 18.9 Å². The molecule has 0 fully saturated rings. The van der Waals surface area contributed by atoms with E-state index in [2.05, 4.69) is 10.3 Å². The Morgan fingerprint density at radius 1 is 1.35 bits per heavy atom. The van der Waals surface area contributed by atoms with Gasteiger partial charge in [0, 0.05) is 31.0 Å². The standard InChI is InChI=1S/C14H18N4O2/c15-12-1-3-13(4-2-12)20-10-7-17-14(19)5-8-18-9-6-16-11-18/h1-4,6,9,11H,5,7-8,10,15H2,(H,17,19). The van der Waals surface area contributed by atoms with Crippen LogP contribution in [0.15, 0.2) is 43.0 Å². The molecule has 0 bridgehead atoms. The van der Waals surface area contributed by atoms with Gasteiger partial charge in [-0.1, -0.05) is 0 Å². The normalized spacial score (nSPS) is 10.2. The highest BCUT2D eigenvalue weighted by atomic mass is 16.5. The molecule has 1 aromatic heterocycles. The maximum atomic E-state index is 11.6. The largest absolute Gasteiger partial charge is 0.492 e. The Balaban J connectivity index is 1.58. The van der Waals surface area contributed by atoms with Crippen LogP contribution in [0.5, 0.6) is 5.75 Å². The van der Waals surface area contributed by atoms with Crippen molar-refractivity contribution in [1.82, 2.24) is 14.9 Å². The molecule has 1 heterocycles. The summed E-state index contributed by atoms with van der Waals surface area (Å²) < 4.78 is 7.34. The predicted octanol–water partition coefficient (Wildman–Crippen LogP) is 1.05. The number of aryl methyl sites for hydroxylation is 1. The molecule has 1 amide bonds. The molecule has 0 saturated carbocycles. The Labute approximate surface area is 117 Å². The van der Waals surface area contributed by atoms with Crippen molar-refractivity contribution in [1.29, 1.82) is 0 Å². The second kappa shape index (κ2) is 7.18. The Morgan fingerprint density at radius 2 is 2.15 bits per heavy atom. The number of carbonyl (C=O) groups excluding carboxylic acids is 1. The number of amides is 1. The minimum Gasteiger partial charge on any atom is -0.492 e. The first-order chi connectivity index (χ1) is 9.74. The van der Waals surface area contributed by atoms with Crippen LogP contribution in [-0.2, 0) is 11.3 Å². The van der Waals surface area contributed by atoms with E-state index in [4.69, 9.17) is 10.5 Å². The van der Waals surface area contributed by atoms with Gasteiger partial charge in [0.15, 0.2) is 0 Å². The Bertz CT molecular complexity index is 523. The Morgan fingerprint density at radius 3 is 2.85 bits per heavy atom. The third-order valence-electron chi connectivity index (χ3n) is 2.73. The van der Waals surface area contributed by atoms with Crippen LogP contribution in [0.4, 0.5) is 5.69 Å². The summed E-state index contributed by atoms with van der Waals surface area (Å²) in [7, 11) is 0. The number of carbonyl (C=O) groups is 1.